The standard InChI is InChI=1S/C14H17N3O3S/c18-12(19)9-21-14-16-15-13(11-7-4-8-20-11)17(14)10-5-2-1-3-6-10/h4,7-8,10H,1-3,5-6,9H2,(H,18,19). The molecule has 1 fully saturated rings. The van der Waals surface area contributed by atoms with Crippen molar-refractivity contribution in [1.82, 2.24) is 14.8 Å². The maximum atomic E-state index is 10.8. The molecule has 112 valence electrons. The van der Waals surface area contributed by atoms with Crippen LogP contribution in [0.2, 0.25) is 0 Å². The number of aliphatic carboxylic acids is 1. The summed E-state index contributed by atoms with van der Waals surface area (Å²) in [5, 5.41) is 17.9. The number of thioether (sulfide) groups is 1. The lowest BCUT2D eigenvalue weighted by Crippen LogP contribution is -2.15. The van der Waals surface area contributed by atoms with Crippen LogP contribution < -0.4 is 0 Å². The van der Waals surface area contributed by atoms with Gasteiger partial charge in [-0.25, -0.2) is 0 Å². The molecule has 1 N–H and O–H groups in total. The number of hydrogen-bond donors (Lipinski definition) is 1. The van der Waals surface area contributed by atoms with E-state index in [9.17, 15) is 4.79 Å². The Kier molecular flexibility index (Phi) is 4.28. The van der Waals surface area contributed by atoms with Gasteiger partial charge in [0.25, 0.3) is 0 Å². The Balaban J connectivity index is 1.94. The van der Waals surface area contributed by atoms with Crippen molar-refractivity contribution in [3.63, 3.8) is 0 Å². The lowest BCUT2D eigenvalue weighted by atomic mass is 9.95. The first-order chi connectivity index (χ1) is 10.3. The summed E-state index contributed by atoms with van der Waals surface area (Å²) in [5.41, 5.74) is 0. The minimum atomic E-state index is -0.849. The van der Waals surface area contributed by atoms with Gasteiger partial charge in [-0.15, -0.1) is 10.2 Å². The predicted molar refractivity (Wildman–Crippen MR) is 78.2 cm³/mol. The number of hydrogen-bond acceptors (Lipinski definition) is 5. The maximum absolute atomic E-state index is 10.8. The molecule has 0 radical (unpaired) electrons. The van der Waals surface area contributed by atoms with E-state index in [1.165, 1.54) is 31.0 Å². The molecule has 0 amide bonds. The Morgan fingerprint density at radius 3 is 2.86 bits per heavy atom. The second kappa shape index (κ2) is 6.34. The second-order valence-electron chi connectivity index (χ2n) is 5.13. The van der Waals surface area contributed by atoms with Gasteiger partial charge in [-0.1, -0.05) is 31.0 Å². The van der Waals surface area contributed by atoms with Crippen LogP contribution in [0.5, 0.6) is 0 Å². The molecule has 7 heteroatoms. The van der Waals surface area contributed by atoms with Gasteiger partial charge in [0.2, 0.25) is 5.82 Å². The SMILES string of the molecule is O=C(O)CSc1nnc(-c2ccco2)n1C1CCCCC1. The van der Waals surface area contributed by atoms with Crippen LogP contribution in [0.4, 0.5) is 0 Å². The average Bonchev–Trinajstić information content (AvgIpc) is 3.15. The van der Waals surface area contributed by atoms with Gasteiger partial charge < -0.3 is 9.52 Å². The fraction of sp³-hybridized carbons (Fsp3) is 0.500. The number of rotatable bonds is 5. The molecule has 0 aromatic carbocycles. The van der Waals surface area contributed by atoms with E-state index in [1.54, 1.807) is 6.26 Å². The molecule has 1 saturated carbocycles. The van der Waals surface area contributed by atoms with Crippen molar-refractivity contribution >= 4 is 17.7 Å². The van der Waals surface area contributed by atoms with Crippen molar-refractivity contribution in [1.29, 1.82) is 0 Å². The maximum Gasteiger partial charge on any atom is 0.313 e. The van der Waals surface area contributed by atoms with E-state index in [-0.39, 0.29) is 5.75 Å². The molecule has 0 saturated heterocycles. The first-order valence-electron chi connectivity index (χ1n) is 7.09. The predicted octanol–water partition coefficient (Wildman–Crippen LogP) is 3.22. The van der Waals surface area contributed by atoms with Crippen molar-refractivity contribution in [2.45, 2.75) is 43.3 Å². The van der Waals surface area contributed by atoms with Gasteiger partial charge in [0.1, 0.15) is 0 Å². The van der Waals surface area contributed by atoms with Gasteiger partial charge >= 0.3 is 5.97 Å². The Bertz CT molecular complexity index is 603. The van der Waals surface area contributed by atoms with Crippen LogP contribution in [0.1, 0.15) is 38.1 Å². The fourth-order valence-corrected chi connectivity index (χ4v) is 3.47. The van der Waals surface area contributed by atoms with Gasteiger partial charge in [0.15, 0.2) is 10.9 Å². The Morgan fingerprint density at radius 2 is 2.19 bits per heavy atom. The Labute approximate surface area is 126 Å². The van der Waals surface area contributed by atoms with Crippen molar-refractivity contribution in [2.75, 3.05) is 5.75 Å². The van der Waals surface area contributed by atoms with Crippen molar-refractivity contribution in [2.24, 2.45) is 0 Å². The van der Waals surface area contributed by atoms with Crippen LogP contribution in [0.15, 0.2) is 28.0 Å². The number of carbonyl (C=O) groups is 1. The second-order valence-corrected chi connectivity index (χ2v) is 6.07. The van der Waals surface area contributed by atoms with Crippen molar-refractivity contribution in [3.05, 3.63) is 18.4 Å². The van der Waals surface area contributed by atoms with Gasteiger partial charge in [-0.05, 0) is 25.0 Å². The highest BCUT2D eigenvalue weighted by Crippen LogP contribution is 2.35. The summed E-state index contributed by atoms with van der Waals surface area (Å²) in [6.45, 7) is 0. The number of aromatic nitrogens is 3. The molecule has 3 rings (SSSR count). The highest BCUT2D eigenvalue weighted by atomic mass is 32.2. The van der Waals surface area contributed by atoms with Gasteiger partial charge in [-0.3, -0.25) is 9.36 Å². The number of furan rings is 1. The zero-order chi connectivity index (χ0) is 14.7. The summed E-state index contributed by atoms with van der Waals surface area (Å²) >= 11 is 1.22. The molecule has 0 atom stereocenters. The van der Waals surface area contributed by atoms with Gasteiger partial charge in [0, 0.05) is 6.04 Å². The third-order valence-electron chi connectivity index (χ3n) is 3.67. The molecule has 0 bridgehead atoms. The van der Waals surface area contributed by atoms with E-state index in [1.807, 2.05) is 12.1 Å². The largest absolute Gasteiger partial charge is 0.481 e. The monoisotopic (exact) mass is 307 g/mol. The highest BCUT2D eigenvalue weighted by Gasteiger charge is 2.25. The third-order valence-corrected chi connectivity index (χ3v) is 4.60. The molecule has 1 aliphatic rings. The summed E-state index contributed by atoms with van der Waals surface area (Å²) < 4.78 is 7.50. The summed E-state index contributed by atoms with van der Waals surface area (Å²) in [7, 11) is 0. The quantitative estimate of drug-likeness (QED) is 0.854. The minimum absolute atomic E-state index is 0.0109. The average molecular weight is 307 g/mol. The molecule has 2 heterocycles. The number of nitrogens with zero attached hydrogens (tertiary/aromatic N) is 3. The highest BCUT2D eigenvalue weighted by molar-refractivity contribution is 7.99. The van der Waals surface area contributed by atoms with Crippen LogP contribution in [0, 0.1) is 0 Å². The van der Waals surface area contributed by atoms with Crippen LogP contribution in [0.3, 0.4) is 0 Å². The Morgan fingerprint density at radius 1 is 1.38 bits per heavy atom. The van der Waals surface area contributed by atoms with Crippen molar-refractivity contribution in [3.8, 4) is 11.6 Å². The summed E-state index contributed by atoms with van der Waals surface area (Å²) in [4.78, 5) is 10.8. The van der Waals surface area contributed by atoms with Gasteiger partial charge in [0.05, 0.1) is 12.0 Å². The molecule has 6 nitrogen and oxygen atoms in total. The molecule has 21 heavy (non-hydrogen) atoms. The topological polar surface area (TPSA) is 81.2 Å². The number of carboxylic acids is 1. The minimum Gasteiger partial charge on any atom is -0.481 e. The third kappa shape index (κ3) is 3.12. The van der Waals surface area contributed by atoms with Crippen LogP contribution in [0.25, 0.3) is 11.6 Å². The first kappa shape index (κ1) is 14.2. The van der Waals surface area contributed by atoms with E-state index >= 15 is 0 Å². The molecule has 1 aliphatic carbocycles. The van der Waals surface area contributed by atoms with E-state index in [0.717, 1.165) is 12.8 Å². The van der Waals surface area contributed by atoms with Crippen LogP contribution in [-0.4, -0.2) is 31.6 Å². The fourth-order valence-electron chi connectivity index (χ4n) is 2.74. The molecule has 0 spiro atoms. The van der Waals surface area contributed by atoms with E-state index in [4.69, 9.17) is 9.52 Å². The smallest absolute Gasteiger partial charge is 0.313 e. The normalized spacial score (nSPS) is 16.2. The molecule has 2 aromatic rings. The number of carboxylic acid groups (broad SMARTS) is 1. The Hall–Kier alpha value is -1.76. The molecular weight excluding hydrogens is 290 g/mol. The molecule has 0 aliphatic heterocycles. The summed E-state index contributed by atoms with van der Waals surface area (Å²) in [6.07, 6.45) is 7.39. The molecular formula is C14H17N3O3S. The van der Waals surface area contributed by atoms with E-state index in [2.05, 4.69) is 14.8 Å². The lowest BCUT2D eigenvalue weighted by Gasteiger charge is -2.25. The van der Waals surface area contributed by atoms with Crippen LogP contribution >= 0.6 is 11.8 Å². The zero-order valence-electron chi connectivity index (χ0n) is 11.6. The molecule has 0 unspecified atom stereocenters. The zero-order valence-corrected chi connectivity index (χ0v) is 12.4. The van der Waals surface area contributed by atoms with E-state index in [0.29, 0.717) is 22.8 Å². The summed E-state index contributed by atoms with van der Waals surface area (Å²) in [5.74, 6) is 0.510. The van der Waals surface area contributed by atoms with Crippen molar-refractivity contribution < 1.29 is 14.3 Å². The first-order valence-corrected chi connectivity index (χ1v) is 8.07. The summed E-state index contributed by atoms with van der Waals surface area (Å²) in [6, 6.07) is 4.00. The molecule has 2 aromatic heterocycles. The van der Waals surface area contributed by atoms with Gasteiger partial charge in [-0.2, -0.15) is 0 Å². The van der Waals surface area contributed by atoms with E-state index < -0.39 is 5.97 Å². The lowest BCUT2D eigenvalue weighted by molar-refractivity contribution is -0.133. The van der Waals surface area contributed by atoms with Crippen LogP contribution in [-0.2, 0) is 4.79 Å².